The van der Waals surface area contributed by atoms with Crippen LogP contribution in [0.15, 0.2) is 48.1 Å². The van der Waals surface area contributed by atoms with E-state index in [9.17, 15) is 9.18 Å². The summed E-state index contributed by atoms with van der Waals surface area (Å²) in [5, 5.41) is 11.0. The van der Waals surface area contributed by atoms with Gasteiger partial charge in [0.1, 0.15) is 11.6 Å². The van der Waals surface area contributed by atoms with Gasteiger partial charge in [0.2, 0.25) is 11.8 Å². The molecule has 9 heteroatoms. The average Bonchev–Trinajstić information content (AvgIpc) is 3.51. The van der Waals surface area contributed by atoms with Crippen LogP contribution in [0, 0.1) is 29.5 Å². The highest BCUT2D eigenvalue weighted by Crippen LogP contribution is 2.50. The first kappa shape index (κ1) is 28.6. The fourth-order valence-corrected chi connectivity index (χ4v) is 5.14. The highest BCUT2D eigenvalue weighted by molar-refractivity contribution is 5.83. The first-order valence-electron chi connectivity index (χ1n) is 14.0. The van der Waals surface area contributed by atoms with Gasteiger partial charge in [-0.1, -0.05) is 25.1 Å². The van der Waals surface area contributed by atoms with Gasteiger partial charge in [-0.05, 0) is 80.6 Å². The molecular weight excluding hydrogens is 497 g/mol. The molecule has 212 valence electrons. The van der Waals surface area contributed by atoms with Gasteiger partial charge in [0, 0.05) is 32.4 Å². The molecule has 4 rings (SSSR count). The summed E-state index contributed by atoms with van der Waals surface area (Å²) in [6, 6.07) is 6.59. The van der Waals surface area contributed by atoms with E-state index in [1.54, 1.807) is 30.3 Å². The van der Waals surface area contributed by atoms with Crippen molar-refractivity contribution in [2.75, 3.05) is 26.7 Å². The molecule has 1 aliphatic heterocycles. The zero-order valence-electron chi connectivity index (χ0n) is 23.7. The monoisotopic (exact) mass is 539 g/mol. The number of carbonyl (C=O) groups is 1. The fraction of sp³-hybridized carbons (Fsp3) is 0.567. The number of hydrogen-bond donors (Lipinski definition) is 1. The number of likely N-dealkylation sites (tertiary alicyclic amines) is 1. The normalized spacial score (nSPS) is 19.7. The van der Waals surface area contributed by atoms with E-state index in [-0.39, 0.29) is 12.3 Å². The summed E-state index contributed by atoms with van der Waals surface area (Å²) in [4.78, 5) is 21.8. The number of H-pyrrole nitrogens is 1. The Balaban J connectivity index is 1.14. The Kier molecular flexibility index (Phi) is 9.64. The SMILES string of the molecule is C=C(O/N=C(\C)C(C)C)N1CCC([C@H]2C[C@H]2CCOc2ccc(CC(=O)N(C)Cc3cc[nH]n3)c(F)c2)CC1. The number of piperidine rings is 1. The number of rotatable bonds is 13. The smallest absolute Gasteiger partial charge is 0.227 e. The van der Waals surface area contributed by atoms with Gasteiger partial charge in [0.15, 0.2) is 0 Å². The lowest BCUT2D eigenvalue weighted by Crippen LogP contribution is -2.34. The van der Waals surface area contributed by atoms with Crippen molar-refractivity contribution < 1.29 is 18.8 Å². The first-order chi connectivity index (χ1) is 18.7. The van der Waals surface area contributed by atoms with Crippen molar-refractivity contribution in [3.63, 3.8) is 0 Å². The second-order valence-electron chi connectivity index (χ2n) is 11.2. The van der Waals surface area contributed by atoms with E-state index in [1.807, 2.05) is 13.0 Å². The van der Waals surface area contributed by atoms with Crippen LogP contribution in [-0.4, -0.2) is 58.4 Å². The number of benzene rings is 1. The summed E-state index contributed by atoms with van der Waals surface area (Å²) in [5.41, 5.74) is 2.09. The molecule has 1 aromatic heterocycles. The Hall–Kier alpha value is -3.36. The van der Waals surface area contributed by atoms with Crippen molar-refractivity contribution in [1.82, 2.24) is 20.0 Å². The van der Waals surface area contributed by atoms with Crippen LogP contribution < -0.4 is 4.74 Å². The number of aromatic nitrogens is 2. The molecule has 0 bridgehead atoms. The number of nitrogens with one attached hydrogen (secondary N) is 1. The standard InChI is InChI=1S/C30H42FN5O3/c1-20(2)21(3)34-39-22(4)36-13-9-23(10-14-36)28-16-24(28)11-15-38-27-7-6-25(29(31)18-27)17-30(37)35(5)19-26-8-12-32-33-26/h6-8,12,18,20,23-24,28H,4,9-11,13-17,19H2,1-3,5H3,(H,32,33)/b34-21+/t24-,28-/m1/s1. The van der Waals surface area contributed by atoms with Crippen molar-refractivity contribution in [2.24, 2.45) is 28.8 Å². The number of likely N-dealkylation sites (N-methyl/N-ethyl adjacent to an activating group) is 1. The first-order valence-corrected chi connectivity index (χ1v) is 14.0. The van der Waals surface area contributed by atoms with E-state index in [4.69, 9.17) is 9.57 Å². The molecular formula is C30H42FN5O3. The number of aromatic amines is 1. The van der Waals surface area contributed by atoms with Crippen molar-refractivity contribution >= 4 is 11.6 Å². The molecule has 2 aromatic rings. The molecule has 1 N–H and O–H groups in total. The minimum Gasteiger partial charge on any atom is -0.493 e. The molecule has 1 aliphatic carbocycles. The Bertz CT molecular complexity index is 1140. The van der Waals surface area contributed by atoms with E-state index < -0.39 is 5.82 Å². The van der Waals surface area contributed by atoms with Gasteiger partial charge in [0.25, 0.3) is 0 Å². The summed E-state index contributed by atoms with van der Waals surface area (Å²) in [6.45, 7) is 13.1. The third-order valence-corrected chi connectivity index (χ3v) is 8.11. The molecule has 2 heterocycles. The quantitative estimate of drug-likeness (QED) is 0.210. The second kappa shape index (κ2) is 13.1. The van der Waals surface area contributed by atoms with Gasteiger partial charge in [-0.3, -0.25) is 9.89 Å². The zero-order valence-corrected chi connectivity index (χ0v) is 23.7. The number of carbonyl (C=O) groups excluding carboxylic acids is 1. The highest BCUT2D eigenvalue weighted by Gasteiger charge is 2.43. The van der Waals surface area contributed by atoms with Crippen LogP contribution in [0.3, 0.4) is 0 Å². The van der Waals surface area contributed by atoms with E-state index in [0.717, 1.165) is 55.6 Å². The minimum absolute atomic E-state index is 0.000121. The molecule has 1 saturated carbocycles. The molecule has 1 saturated heterocycles. The molecule has 2 atom stereocenters. The molecule has 39 heavy (non-hydrogen) atoms. The Morgan fingerprint density at radius 1 is 1.31 bits per heavy atom. The third-order valence-electron chi connectivity index (χ3n) is 8.11. The lowest BCUT2D eigenvalue weighted by molar-refractivity contribution is -0.129. The van der Waals surface area contributed by atoms with Gasteiger partial charge in [-0.15, -0.1) is 0 Å². The van der Waals surface area contributed by atoms with E-state index >= 15 is 0 Å². The van der Waals surface area contributed by atoms with Crippen LogP contribution in [0.5, 0.6) is 5.75 Å². The van der Waals surface area contributed by atoms with Crippen LogP contribution in [0.4, 0.5) is 4.39 Å². The molecule has 1 aromatic carbocycles. The van der Waals surface area contributed by atoms with Crippen LogP contribution in [0.2, 0.25) is 0 Å². The number of oxime groups is 1. The van der Waals surface area contributed by atoms with Crippen molar-refractivity contribution in [3.8, 4) is 5.75 Å². The minimum atomic E-state index is -0.416. The molecule has 8 nitrogen and oxygen atoms in total. The van der Waals surface area contributed by atoms with Gasteiger partial charge in [-0.2, -0.15) is 5.10 Å². The lowest BCUT2D eigenvalue weighted by Gasteiger charge is -2.33. The average molecular weight is 540 g/mol. The number of halogens is 1. The number of ether oxygens (including phenoxy) is 1. The summed E-state index contributed by atoms with van der Waals surface area (Å²) < 4.78 is 20.5. The number of hydrogen-bond acceptors (Lipinski definition) is 6. The van der Waals surface area contributed by atoms with E-state index in [1.165, 1.54) is 12.5 Å². The molecule has 2 fully saturated rings. The largest absolute Gasteiger partial charge is 0.493 e. The number of nitrogens with zero attached hydrogens (tertiary/aromatic N) is 4. The maximum absolute atomic E-state index is 14.7. The maximum atomic E-state index is 14.7. The van der Waals surface area contributed by atoms with Crippen LogP contribution in [-0.2, 0) is 22.6 Å². The molecule has 0 spiro atoms. The number of amides is 1. The molecule has 2 aliphatic rings. The molecule has 1 amide bonds. The summed E-state index contributed by atoms with van der Waals surface area (Å²) in [7, 11) is 1.69. The fourth-order valence-electron chi connectivity index (χ4n) is 5.14. The summed E-state index contributed by atoms with van der Waals surface area (Å²) in [6.07, 6.45) is 6.20. The zero-order chi connectivity index (χ0) is 27.9. The molecule has 0 radical (unpaired) electrons. The summed E-state index contributed by atoms with van der Waals surface area (Å²) >= 11 is 0. The molecule has 0 unspecified atom stereocenters. The Morgan fingerprint density at radius 3 is 2.74 bits per heavy atom. The lowest BCUT2D eigenvalue weighted by atomic mass is 9.90. The Morgan fingerprint density at radius 2 is 2.08 bits per heavy atom. The van der Waals surface area contributed by atoms with Crippen molar-refractivity contribution in [2.45, 2.75) is 59.4 Å². The van der Waals surface area contributed by atoms with Gasteiger partial charge >= 0.3 is 0 Å². The van der Waals surface area contributed by atoms with Crippen molar-refractivity contribution in [1.29, 1.82) is 0 Å². The maximum Gasteiger partial charge on any atom is 0.227 e. The second-order valence-corrected chi connectivity index (χ2v) is 11.2. The van der Waals surface area contributed by atoms with E-state index in [2.05, 4.69) is 40.7 Å². The van der Waals surface area contributed by atoms with Crippen molar-refractivity contribution in [3.05, 3.63) is 60.0 Å². The highest BCUT2D eigenvalue weighted by atomic mass is 19.1. The summed E-state index contributed by atoms with van der Waals surface area (Å²) in [5.74, 6) is 3.06. The van der Waals surface area contributed by atoms with E-state index in [0.29, 0.717) is 42.2 Å². The topological polar surface area (TPSA) is 83.0 Å². The van der Waals surface area contributed by atoms with Gasteiger partial charge in [0.05, 0.1) is 31.0 Å². The van der Waals surface area contributed by atoms with Crippen LogP contribution >= 0.6 is 0 Å². The van der Waals surface area contributed by atoms with Crippen LogP contribution in [0.25, 0.3) is 0 Å². The predicted molar refractivity (Wildman–Crippen MR) is 149 cm³/mol. The van der Waals surface area contributed by atoms with Gasteiger partial charge < -0.3 is 19.4 Å². The third kappa shape index (κ3) is 8.07. The van der Waals surface area contributed by atoms with Gasteiger partial charge in [-0.25, -0.2) is 4.39 Å². The predicted octanol–water partition coefficient (Wildman–Crippen LogP) is 5.39. The Labute approximate surface area is 231 Å². The van der Waals surface area contributed by atoms with Crippen LogP contribution in [0.1, 0.15) is 57.7 Å².